The summed E-state index contributed by atoms with van der Waals surface area (Å²) in [7, 11) is 1.23. The van der Waals surface area contributed by atoms with Gasteiger partial charge in [-0.15, -0.1) is 6.58 Å². The molecule has 1 aromatic heterocycles. The molecule has 0 spiro atoms. The highest BCUT2D eigenvalue weighted by atomic mass is 32.1. The van der Waals surface area contributed by atoms with Crippen LogP contribution in [0.25, 0.3) is 0 Å². The van der Waals surface area contributed by atoms with Gasteiger partial charge in [0.15, 0.2) is 5.69 Å². The molecule has 1 rings (SSSR count). The van der Waals surface area contributed by atoms with E-state index in [2.05, 4.69) is 23.3 Å². The fraction of sp³-hybridized carbons (Fsp3) is 0.333. The number of carbonyl (C=O) groups is 1. The SMILES string of the molecule is C=CCn1c(=O)cc(C(=O)OC)n(/N=C/C=C/CCC)c1=S. The van der Waals surface area contributed by atoms with Gasteiger partial charge in [-0.3, -0.25) is 9.36 Å². The van der Waals surface area contributed by atoms with E-state index < -0.39 is 11.5 Å². The van der Waals surface area contributed by atoms with Gasteiger partial charge in [0.2, 0.25) is 4.77 Å². The Morgan fingerprint density at radius 2 is 2.27 bits per heavy atom. The van der Waals surface area contributed by atoms with E-state index >= 15 is 0 Å². The molecule has 0 bridgehead atoms. The molecule has 118 valence electrons. The summed E-state index contributed by atoms with van der Waals surface area (Å²) in [6.07, 6.45) is 8.73. The molecular formula is C15H19N3O3S. The van der Waals surface area contributed by atoms with E-state index in [4.69, 9.17) is 12.2 Å². The van der Waals surface area contributed by atoms with Gasteiger partial charge in [-0.1, -0.05) is 25.5 Å². The first kappa shape index (κ1) is 17.8. The molecule has 0 aliphatic carbocycles. The smallest absolute Gasteiger partial charge is 0.357 e. The topological polar surface area (TPSA) is 65.6 Å². The molecule has 0 aromatic carbocycles. The zero-order valence-corrected chi connectivity index (χ0v) is 13.5. The minimum Gasteiger partial charge on any atom is -0.464 e. The number of allylic oxidation sites excluding steroid dienone is 3. The fourth-order valence-corrected chi connectivity index (χ4v) is 1.97. The van der Waals surface area contributed by atoms with Gasteiger partial charge in [0.1, 0.15) is 0 Å². The van der Waals surface area contributed by atoms with E-state index in [-0.39, 0.29) is 17.0 Å². The van der Waals surface area contributed by atoms with Crippen LogP contribution < -0.4 is 5.56 Å². The number of esters is 1. The first-order chi connectivity index (χ1) is 10.6. The van der Waals surface area contributed by atoms with Crippen LogP contribution in [0.5, 0.6) is 0 Å². The van der Waals surface area contributed by atoms with Gasteiger partial charge in [0.25, 0.3) is 5.56 Å². The quantitative estimate of drug-likeness (QED) is 0.335. The molecule has 1 aromatic rings. The molecule has 7 heteroatoms. The third-order valence-corrected chi connectivity index (χ3v) is 3.13. The third-order valence-electron chi connectivity index (χ3n) is 2.73. The molecule has 0 unspecified atom stereocenters. The van der Waals surface area contributed by atoms with Gasteiger partial charge >= 0.3 is 5.97 Å². The van der Waals surface area contributed by atoms with E-state index in [1.165, 1.54) is 22.6 Å². The van der Waals surface area contributed by atoms with Crippen molar-refractivity contribution in [1.82, 2.24) is 9.24 Å². The Balaban J connectivity index is 3.40. The van der Waals surface area contributed by atoms with Crippen LogP contribution in [-0.2, 0) is 11.3 Å². The summed E-state index contributed by atoms with van der Waals surface area (Å²) in [5, 5.41) is 4.14. The largest absolute Gasteiger partial charge is 0.464 e. The Hall–Kier alpha value is -2.28. The third kappa shape index (κ3) is 4.36. The molecule has 0 radical (unpaired) electrons. The molecular weight excluding hydrogens is 302 g/mol. The molecule has 0 saturated heterocycles. The first-order valence-corrected chi connectivity index (χ1v) is 7.23. The molecule has 6 nitrogen and oxygen atoms in total. The Labute approximate surface area is 134 Å². The van der Waals surface area contributed by atoms with E-state index in [0.717, 1.165) is 18.9 Å². The number of carbonyl (C=O) groups excluding carboxylic acids is 1. The van der Waals surface area contributed by atoms with Crippen LogP contribution in [0.1, 0.15) is 30.3 Å². The van der Waals surface area contributed by atoms with Crippen LogP contribution >= 0.6 is 12.2 Å². The second-order valence-electron chi connectivity index (χ2n) is 4.33. The van der Waals surface area contributed by atoms with Crippen molar-refractivity contribution in [2.24, 2.45) is 5.10 Å². The number of methoxy groups -OCH3 is 1. The van der Waals surface area contributed by atoms with Crippen molar-refractivity contribution in [2.75, 3.05) is 7.11 Å². The summed E-state index contributed by atoms with van der Waals surface area (Å²) in [5.41, 5.74) is -0.420. The maximum atomic E-state index is 12.0. The van der Waals surface area contributed by atoms with Crippen molar-refractivity contribution in [2.45, 2.75) is 26.3 Å². The number of nitrogens with zero attached hydrogens (tertiary/aromatic N) is 3. The first-order valence-electron chi connectivity index (χ1n) is 6.82. The molecule has 0 fully saturated rings. The van der Waals surface area contributed by atoms with Gasteiger partial charge in [0.05, 0.1) is 7.11 Å². The van der Waals surface area contributed by atoms with E-state index in [0.29, 0.717) is 0 Å². The average molecular weight is 321 g/mol. The second-order valence-corrected chi connectivity index (χ2v) is 4.70. The average Bonchev–Trinajstić information content (AvgIpc) is 2.51. The summed E-state index contributed by atoms with van der Waals surface area (Å²) in [6, 6.07) is 1.15. The summed E-state index contributed by atoms with van der Waals surface area (Å²) < 4.78 is 7.27. The van der Waals surface area contributed by atoms with Crippen molar-refractivity contribution in [3.8, 4) is 0 Å². The monoisotopic (exact) mass is 321 g/mol. The lowest BCUT2D eigenvalue weighted by atomic mass is 10.3. The number of rotatable bonds is 7. The molecule has 0 N–H and O–H groups in total. The van der Waals surface area contributed by atoms with Crippen molar-refractivity contribution in [3.63, 3.8) is 0 Å². The standard InChI is InChI=1S/C15H19N3O3S/c1-4-6-7-8-9-16-18-12(14(20)21-3)11-13(19)17(10-5-2)15(18)22/h5,7-9,11H,2,4,6,10H2,1,3H3/b8-7+,16-9+. The second kappa shape index (κ2) is 8.89. The van der Waals surface area contributed by atoms with Crippen molar-refractivity contribution in [1.29, 1.82) is 0 Å². The number of aromatic nitrogens is 2. The van der Waals surface area contributed by atoms with Crippen molar-refractivity contribution < 1.29 is 9.53 Å². The summed E-state index contributed by atoms with van der Waals surface area (Å²) in [6.45, 7) is 5.88. The Kier molecular flexibility index (Phi) is 7.18. The van der Waals surface area contributed by atoms with Crippen LogP contribution in [0, 0.1) is 4.77 Å². The Morgan fingerprint density at radius 3 is 2.86 bits per heavy atom. The Bertz CT molecular complexity index is 714. The highest BCUT2D eigenvalue weighted by molar-refractivity contribution is 7.71. The van der Waals surface area contributed by atoms with Crippen LogP contribution in [0.3, 0.4) is 0 Å². The lowest BCUT2D eigenvalue weighted by Gasteiger charge is -2.10. The number of hydrogen-bond acceptors (Lipinski definition) is 5. The molecule has 0 saturated carbocycles. The van der Waals surface area contributed by atoms with E-state index in [1.54, 1.807) is 12.2 Å². The highest BCUT2D eigenvalue weighted by Crippen LogP contribution is 2.03. The fourth-order valence-electron chi connectivity index (χ4n) is 1.66. The number of unbranched alkanes of at least 4 members (excludes halogenated alkanes) is 1. The maximum absolute atomic E-state index is 12.0. The van der Waals surface area contributed by atoms with Gasteiger partial charge < -0.3 is 4.74 Å². The van der Waals surface area contributed by atoms with Crippen LogP contribution in [0.2, 0.25) is 0 Å². The van der Waals surface area contributed by atoms with Crippen LogP contribution in [0.4, 0.5) is 0 Å². The van der Waals surface area contributed by atoms with Crippen molar-refractivity contribution >= 4 is 24.4 Å². The predicted octanol–water partition coefficient (Wildman–Crippen LogP) is 2.54. The molecule has 22 heavy (non-hydrogen) atoms. The van der Waals surface area contributed by atoms with Gasteiger partial charge in [0, 0.05) is 18.8 Å². The summed E-state index contributed by atoms with van der Waals surface area (Å²) in [5.74, 6) is -0.677. The number of ether oxygens (including phenoxy) is 1. The van der Waals surface area contributed by atoms with E-state index in [1.807, 2.05) is 6.08 Å². The van der Waals surface area contributed by atoms with E-state index in [9.17, 15) is 9.59 Å². The Morgan fingerprint density at radius 1 is 1.55 bits per heavy atom. The lowest BCUT2D eigenvalue weighted by Crippen LogP contribution is -2.27. The minimum atomic E-state index is -0.677. The van der Waals surface area contributed by atoms with Gasteiger partial charge in [-0.25, -0.2) is 4.79 Å². The molecule has 0 aliphatic rings. The zero-order valence-electron chi connectivity index (χ0n) is 12.7. The zero-order chi connectivity index (χ0) is 16.5. The van der Waals surface area contributed by atoms with Crippen LogP contribution in [-0.4, -0.2) is 28.5 Å². The minimum absolute atomic E-state index is 0.0158. The maximum Gasteiger partial charge on any atom is 0.357 e. The summed E-state index contributed by atoms with van der Waals surface area (Å²) in [4.78, 5) is 23.8. The highest BCUT2D eigenvalue weighted by Gasteiger charge is 2.15. The van der Waals surface area contributed by atoms with Crippen molar-refractivity contribution in [3.05, 3.63) is 51.7 Å². The predicted molar refractivity (Wildman–Crippen MR) is 89.0 cm³/mol. The van der Waals surface area contributed by atoms with Gasteiger partial charge in [-0.2, -0.15) is 9.78 Å². The number of hydrogen-bond donors (Lipinski definition) is 0. The molecule has 0 aliphatic heterocycles. The summed E-state index contributed by atoms with van der Waals surface area (Å²) >= 11 is 5.23. The molecule has 1 heterocycles. The van der Waals surface area contributed by atoms with Crippen LogP contribution in [0.15, 0.2) is 40.8 Å². The molecule has 0 atom stereocenters. The normalized spacial score (nSPS) is 11.2. The van der Waals surface area contributed by atoms with Gasteiger partial charge in [-0.05, 0) is 24.7 Å². The lowest BCUT2D eigenvalue weighted by molar-refractivity contribution is 0.0587. The molecule has 0 amide bonds.